The second kappa shape index (κ2) is 8.06. The first-order valence-corrected chi connectivity index (χ1v) is 10.9. The van der Waals surface area contributed by atoms with Crippen molar-refractivity contribution >= 4 is 29.2 Å². The minimum absolute atomic E-state index is 0.0332. The third kappa shape index (κ3) is 3.47. The first-order valence-electron chi connectivity index (χ1n) is 9.70. The van der Waals surface area contributed by atoms with E-state index in [2.05, 4.69) is 10.3 Å². The summed E-state index contributed by atoms with van der Waals surface area (Å²) < 4.78 is 16.8. The number of thioether (sulfide) groups is 1. The highest BCUT2D eigenvalue weighted by Crippen LogP contribution is 2.30. The molecule has 1 amide bonds. The van der Waals surface area contributed by atoms with E-state index in [-0.39, 0.29) is 34.8 Å². The minimum atomic E-state index is -0.584. The number of pyridine rings is 1. The molecule has 9 heteroatoms. The number of rotatable bonds is 4. The number of fused-ring (bicyclic) bond motifs is 1. The zero-order chi connectivity index (χ0) is 19.7. The summed E-state index contributed by atoms with van der Waals surface area (Å²) in [5.74, 6) is 1.31. The monoisotopic (exact) mass is 406 g/mol. The van der Waals surface area contributed by atoms with Gasteiger partial charge in [-0.3, -0.25) is 18.7 Å². The maximum atomic E-state index is 13.9. The van der Waals surface area contributed by atoms with Crippen LogP contribution in [0.5, 0.6) is 0 Å². The van der Waals surface area contributed by atoms with Crippen LogP contribution in [0.25, 0.3) is 11.0 Å². The fourth-order valence-electron chi connectivity index (χ4n) is 4.40. The maximum absolute atomic E-state index is 13.9. The van der Waals surface area contributed by atoms with Crippen LogP contribution in [-0.2, 0) is 4.79 Å². The van der Waals surface area contributed by atoms with Gasteiger partial charge in [-0.05, 0) is 56.1 Å². The average Bonchev–Trinajstić information content (AvgIpc) is 2.71. The summed E-state index contributed by atoms with van der Waals surface area (Å²) in [6.07, 6.45) is 6.06. The van der Waals surface area contributed by atoms with Gasteiger partial charge in [0.05, 0.1) is 11.6 Å². The molecule has 0 bridgehead atoms. The number of carbonyl (C=O) groups is 1. The van der Waals surface area contributed by atoms with Gasteiger partial charge in [-0.25, -0.2) is 14.2 Å². The Morgan fingerprint density at radius 1 is 1.07 bits per heavy atom. The zero-order valence-electron chi connectivity index (χ0n) is 15.5. The molecule has 0 spiro atoms. The van der Waals surface area contributed by atoms with E-state index in [1.165, 1.54) is 10.6 Å². The smallest absolute Gasteiger partial charge is 0.333 e. The normalized spacial score (nSPS) is 23.6. The van der Waals surface area contributed by atoms with Gasteiger partial charge in [0.15, 0.2) is 0 Å². The van der Waals surface area contributed by atoms with Crippen molar-refractivity contribution in [2.45, 2.75) is 56.7 Å². The van der Waals surface area contributed by atoms with Crippen molar-refractivity contribution in [2.24, 2.45) is 0 Å². The lowest BCUT2D eigenvalue weighted by molar-refractivity contribution is -0.110. The predicted molar refractivity (Wildman–Crippen MR) is 106 cm³/mol. The van der Waals surface area contributed by atoms with Gasteiger partial charge in [0, 0.05) is 18.1 Å². The molecule has 2 fully saturated rings. The van der Waals surface area contributed by atoms with Gasteiger partial charge in [0.25, 0.3) is 5.56 Å². The highest BCUT2D eigenvalue weighted by Gasteiger charge is 2.29. The number of aromatic nitrogens is 3. The van der Waals surface area contributed by atoms with E-state index >= 15 is 0 Å². The van der Waals surface area contributed by atoms with Gasteiger partial charge >= 0.3 is 5.69 Å². The van der Waals surface area contributed by atoms with Crippen molar-refractivity contribution in [1.29, 1.82) is 0 Å². The second-order valence-corrected chi connectivity index (χ2v) is 8.71. The Kier molecular flexibility index (Phi) is 5.52. The quantitative estimate of drug-likeness (QED) is 0.785. The summed E-state index contributed by atoms with van der Waals surface area (Å²) in [4.78, 5) is 41.3. The van der Waals surface area contributed by atoms with Crippen LogP contribution in [0.2, 0.25) is 0 Å². The van der Waals surface area contributed by atoms with E-state index in [0.717, 1.165) is 30.5 Å². The third-order valence-corrected chi connectivity index (χ3v) is 6.89. The second-order valence-electron chi connectivity index (χ2n) is 7.49. The van der Waals surface area contributed by atoms with Crippen molar-refractivity contribution in [3.63, 3.8) is 0 Å². The molecule has 0 unspecified atom stereocenters. The number of carbonyl (C=O) groups excluding carboxylic acids is 1. The average molecular weight is 406 g/mol. The van der Waals surface area contributed by atoms with E-state index < -0.39 is 11.4 Å². The van der Waals surface area contributed by atoms with Crippen LogP contribution < -0.4 is 16.6 Å². The molecule has 0 radical (unpaired) electrons. The maximum Gasteiger partial charge on any atom is 0.333 e. The van der Waals surface area contributed by atoms with Crippen LogP contribution in [0.3, 0.4) is 0 Å². The lowest BCUT2D eigenvalue weighted by Crippen LogP contribution is -2.46. The third-order valence-electron chi connectivity index (χ3n) is 5.84. The fourth-order valence-corrected chi connectivity index (χ4v) is 5.48. The highest BCUT2D eigenvalue weighted by molar-refractivity contribution is 7.99. The zero-order valence-corrected chi connectivity index (χ0v) is 16.3. The van der Waals surface area contributed by atoms with Crippen LogP contribution in [0.1, 0.15) is 50.6 Å². The Balaban J connectivity index is 1.83. The summed E-state index contributed by atoms with van der Waals surface area (Å²) >= 11 is 1.85. The molecular weight excluding hydrogens is 383 g/mol. The molecule has 7 nitrogen and oxygen atoms in total. The molecule has 0 atom stereocenters. The van der Waals surface area contributed by atoms with Gasteiger partial charge < -0.3 is 5.32 Å². The summed E-state index contributed by atoms with van der Waals surface area (Å²) in [6, 6.07) is 0.978. The van der Waals surface area contributed by atoms with Crippen LogP contribution in [0, 0.1) is 5.82 Å². The van der Waals surface area contributed by atoms with Crippen LogP contribution in [0.15, 0.2) is 21.9 Å². The summed E-state index contributed by atoms with van der Waals surface area (Å²) in [5.41, 5.74) is -0.540. The van der Waals surface area contributed by atoms with Crippen molar-refractivity contribution in [3.8, 4) is 0 Å². The molecule has 1 saturated heterocycles. The lowest BCUT2D eigenvalue weighted by Gasteiger charge is -2.31. The molecule has 2 aromatic rings. The van der Waals surface area contributed by atoms with E-state index in [1.54, 1.807) is 4.57 Å². The highest BCUT2D eigenvalue weighted by atomic mass is 32.2. The number of nitrogens with zero attached hydrogens (tertiary/aromatic N) is 3. The van der Waals surface area contributed by atoms with E-state index in [4.69, 9.17) is 0 Å². The van der Waals surface area contributed by atoms with Crippen molar-refractivity contribution in [1.82, 2.24) is 19.4 Å². The molecule has 1 aliphatic carbocycles. The van der Waals surface area contributed by atoms with Crippen molar-refractivity contribution in [3.05, 3.63) is 38.9 Å². The molecule has 0 aromatic carbocycles. The molecule has 1 saturated carbocycles. The van der Waals surface area contributed by atoms with Gasteiger partial charge in [-0.1, -0.05) is 0 Å². The van der Waals surface area contributed by atoms with Crippen LogP contribution in [0.4, 0.5) is 4.39 Å². The largest absolute Gasteiger partial charge is 0.356 e. The van der Waals surface area contributed by atoms with E-state index in [1.807, 2.05) is 11.8 Å². The molecule has 1 N–H and O–H groups in total. The molecule has 4 rings (SSSR count). The number of halogens is 1. The molecule has 1 aliphatic heterocycles. The molecule has 28 heavy (non-hydrogen) atoms. The Labute approximate surface area is 165 Å². The SMILES string of the molecule is O=CNC1CCC(n2c(=O)c3cc(F)cnc3n(C3CCSCC3)c2=O)CC1. The fraction of sp³-hybridized carbons (Fsp3) is 0.579. The first kappa shape index (κ1) is 19.2. The topological polar surface area (TPSA) is 86.0 Å². The number of nitrogens with one attached hydrogen (secondary N) is 1. The number of hydrogen-bond acceptors (Lipinski definition) is 5. The van der Waals surface area contributed by atoms with E-state index in [9.17, 15) is 18.8 Å². The Bertz CT molecular complexity index is 991. The molecule has 2 aliphatic rings. The van der Waals surface area contributed by atoms with Crippen molar-refractivity contribution < 1.29 is 9.18 Å². The molecular formula is C19H23FN4O3S. The van der Waals surface area contributed by atoms with Gasteiger partial charge in [-0.2, -0.15) is 11.8 Å². The molecule has 150 valence electrons. The predicted octanol–water partition coefficient (Wildman–Crippen LogP) is 2.00. The summed E-state index contributed by atoms with van der Waals surface area (Å²) in [5, 5.41) is 2.93. The van der Waals surface area contributed by atoms with Gasteiger partial charge in [-0.15, -0.1) is 0 Å². The molecule has 2 aromatic heterocycles. The lowest BCUT2D eigenvalue weighted by atomic mass is 9.91. The van der Waals surface area contributed by atoms with Crippen molar-refractivity contribution in [2.75, 3.05) is 11.5 Å². The Morgan fingerprint density at radius 3 is 2.43 bits per heavy atom. The summed E-state index contributed by atoms with van der Waals surface area (Å²) in [7, 11) is 0. The Hall–Kier alpha value is -2.16. The molecule has 3 heterocycles. The Morgan fingerprint density at radius 2 is 1.75 bits per heavy atom. The number of amides is 1. The van der Waals surface area contributed by atoms with E-state index in [0.29, 0.717) is 32.1 Å². The standard InChI is InChI=1S/C19H23FN4O3S/c20-12-9-16-17(21-10-12)23(15-5-7-28-8-6-15)19(27)24(18(16)26)14-3-1-13(2-4-14)22-11-25/h9-11,13-15H,1-8H2,(H,22,25). The van der Waals surface area contributed by atoms with Crippen LogP contribution in [-0.4, -0.2) is 38.1 Å². The van der Waals surface area contributed by atoms with Gasteiger partial charge in [0.1, 0.15) is 11.5 Å². The van der Waals surface area contributed by atoms with Gasteiger partial charge in [0.2, 0.25) is 6.41 Å². The van der Waals surface area contributed by atoms with Crippen LogP contribution >= 0.6 is 11.8 Å². The summed E-state index contributed by atoms with van der Waals surface area (Å²) in [6.45, 7) is 0. The minimum Gasteiger partial charge on any atom is -0.356 e. The first-order chi connectivity index (χ1) is 13.6. The number of hydrogen-bond donors (Lipinski definition) is 1.